The Bertz CT molecular complexity index is 2200. The molecule has 0 spiro atoms. The molecule has 4 N–H and O–H groups in total. The molecule has 0 aliphatic rings. The monoisotopic (exact) mass is 822 g/mol. The first-order chi connectivity index (χ1) is 27.8. The van der Waals surface area contributed by atoms with Gasteiger partial charge in [0, 0.05) is 25.0 Å². The molecule has 0 aliphatic heterocycles. The van der Waals surface area contributed by atoms with E-state index in [0.29, 0.717) is 46.9 Å². The SMILES string of the molecule is CC(=O)OC(C)(CC(C)C)C(=O)NC(c1nc2cc(-c3cnc(-c4ccc5[nH]c([C@@H](NC(=O)C(C)(CC(C)C)OC(C)=O)C(C)(C)C)nc5c4)cn3)ccc2[nH]1)C(C)(C)C. The number of esters is 2. The minimum Gasteiger partial charge on any atom is -0.449 e. The number of hydrogen-bond acceptors (Lipinski definition) is 10. The fourth-order valence-electron chi connectivity index (χ4n) is 7.78. The number of nitrogens with one attached hydrogen (secondary N) is 4. The highest BCUT2D eigenvalue weighted by Crippen LogP contribution is 2.36. The Morgan fingerprint density at radius 2 is 0.950 bits per heavy atom. The number of benzene rings is 2. The lowest BCUT2D eigenvalue weighted by atomic mass is 9.85. The van der Waals surface area contributed by atoms with Crippen LogP contribution in [-0.2, 0) is 28.7 Å². The van der Waals surface area contributed by atoms with Gasteiger partial charge in [0.05, 0.1) is 57.9 Å². The fourth-order valence-corrected chi connectivity index (χ4v) is 7.78. The Kier molecular flexibility index (Phi) is 13.0. The number of rotatable bonds is 14. The van der Waals surface area contributed by atoms with Gasteiger partial charge in [0.2, 0.25) is 0 Å². The third-order valence-corrected chi connectivity index (χ3v) is 10.4. The maximum absolute atomic E-state index is 13.7. The maximum Gasteiger partial charge on any atom is 0.303 e. The second kappa shape index (κ2) is 17.1. The predicted octanol–water partition coefficient (Wildman–Crippen LogP) is 8.71. The first kappa shape index (κ1) is 45.4. The van der Waals surface area contributed by atoms with Gasteiger partial charge in [0.25, 0.3) is 11.8 Å². The first-order valence-corrected chi connectivity index (χ1v) is 20.6. The summed E-state index contributed by atoms with van der Waals surface area (Å²) in [6.45, 7) is 26.0. The van der Waals surface area contributed by atoms with Gasteiger partial charge in [0.1, 0.15) is 11.6 Å². The van der Waals surface area contributed by atoms with Crippen molar-refractivity contribution in [1.82, 2.24) is 40.5 Å². The summed E-state index contributed by atoms with van der Waals surface area (Å²) in [5.41, 5.74) is 2.38. The molecule has 3 aromatic heterocycles. The Hall–Kier alpha value is -5.66. The van der Waals surface area contributed by atoms with Gasteiger partial charge in [0.15, 0.2) is 11.2 Å². The summed E-state index contributed by atoms with van der Waals surface area (Å²) < 4.78 is 11.1. The third-order valence-electron chi connectivity index (χ3n) is 10.4. The van der Waals surface area contributed by atoms with Crippen molar-refractivity contribution in [3.05, 3.63) is 60.4 Å². The number of nitrogens with zero attached hydrogens (tertiary/aromatic N) is 4. The highest BCUT2D eigenvalue weighted by atomic mass is 16.6. The van der Waals surface area contributed by atoms with Crippen molar-refractivity contribution in [2.45, 2.75) is 133 Å². The lowest BCUT2D eigenvalue weighted by Gasteiger charge is -2.35. The largest absolute Gasteiger partial charge is 0.449 e. The number of imidazole rings is 2. The number of carbonyl (C=O) groups excluding carboxylic acids is 4. The molecule has 2 amide bonds. The van der Waals surface area contributed by atoms with E-state index >= 15 is 0 Å². The van der Waals surface area contributed by atoms with E-state index in [1.807, 2.05) is 106 Å². The lowest BCUT2D eigenvalue weighted by Crippen LogP contribution is -2.51. The van der Waals surface area contributed by atoms with Crippen LogP contribution in [0, 0.1) is 22.7 Å². The summed E-state index contributed by atoms with van der Waals surface area (Å²) in [4.78, 5) is 77.6. The van der Waals surface area contributed by atoms with E-state index in [9.17, 15) is 19.2 Å². The molecule has 0 radical (unpaired) electrons. The highest BCUT2D eigenvalue weighted by Gasteiger charge is 2.43. The summed E-state index contributed by atoms with van der Waals surface area (Å²) in [5, 5.41) is 6.26. The molecular formula is C46H62N8O6. The summed E-state index contributed by atoms with van der Waals surface area (Å²) in [6, 6.07) is 10.6. The van der Waals surface area contributed by atoms with Gasteiger partial charge in [-0.1, -0.05) is 81.4 Å². The Morgan fingerprint density at radius 3 is 1.23 bits per heavy atom. The lowest BCUT2D eigenvalue weighted by molar-refractivity contribution is -0.167. The summed E-state index contributed by atoms with van der Waals surface area (Å²) in [7, 11) is 0. The smallest absolute Gasteiger partial charge is 0.303 e. The molecule has 5 rings (SSSR count). The molecule has 4 atom stereocenters. The third kappa shape index (κ3) is 10.6. The second-order valence-corrected chi connectivity index (χ2v) is 19.4. The number of aromatic nitrogens is 6. The molecule has 0 aliphatic carbocycles. The molecule has 0 saturated carbocycles. The van der Waals surface area contributed by atoms with E-state index in [4.69, 9.17) is 29.4 Å². The van der Waals surface area contributed by atoms with Crippen LogP contribution in [0.1, 0.15) is 134 Å². The van der Waals surface area contributed by atoms with E-state index in [0.717, 1.165) is 22.2 Å². The van der Waals surface area contributed by atoms with Gasteiger partial charge in [-0.3, -0.25) is 29.1 Å². The highest BCUT2D eigenvalue weighted by molar-refractivity contribution is 5.89. The summed E-state index contributed by atoms with van der Waals surface area (Å²) in [5.74, 6) is -0.391. The minimum absolute atomic E-state index is 0.117. The molecule has 322 valence electrons. The fraction of sp³-hybridized carbons (Fsp3) is 0.522. The van der Waals surface area contributed by atoms with Crippen molar-refractivity contribution in [2.75, 3.05) is 0 Å². The number of aromatic amines is 2. The molecule has 3 heterocycles. The second-order valence-electron chi connectivity index (χ2n) is 19.4. The van der Waals surface area contributed by atoms with Crippen molar-refractivity contribution in [2.24, 2.45) is 22.7 Å². The van der Waals surface area contributed by atoms with Crippen LogP contribution in [0.25, 0.3) is 44.6 Å². The average molecular weight is 823 g/mol. The molecule has 14 nitrogen and oxygen atoms in total. The molecule has 2 aromatic carbocycles. The van der Waals surface area contributed by atoms with Gasteiger partial charge >= 0.3 is 11.9 Å². The van der Waals surface area contributed by atoms with Gasteiger partial charge < -0.3 is 30.1 Å². The van der Waals surface area contributed by atoms with Crippen molar-refractivity contribution >= 4 is 45.8 Å². The predicted molar refractivity (Wildman–Crippen MR) is 232 cm³/mol. The zero-order valence-corrected chi connectivity index (χ0v) is 37.6. The van der Waals surface area contributed by atoms with Crippen LogP contribution >= 0.6 is 0 Å². The summed E-state index contributed by atoms with van der Waals surface area (Å²) in [6.07, 6.45) is 4.18. The Morgan fingerprint density at radius 1 is 0.600 bits per heavy atom. The number of carbonyl (C=O) groups is 4. The van der Waals surface area contributed by atoms with Crippen LogP contribution in [0.15, 0.2) is 48.8 Å². The van der Waals surface area contributed by atoms with Crippen LogP contribution in [0.3, 0.4) is 0 Å². The van der Waals surface area contributed by atoms with E-state index in [2.05, 4.69) is 20.6 Å². The molecular weight excluding hydrogens is 761 g/mol. The van der Waals surface area contributed by atoms with Crippen molar-refractivity contribution in [3.63, 3.8) is 0 Å². The summed E-state index contributed by atoms with van der Waals surface area (Å²) >= 11 is 0. The Balaban J connectivity index is 1.38. The molecule has 5 aromatic rings. The van der Waals surface area contributed by atoms with Gasteiger partial charge in [-0.25, -0.2) is 9.97 Å². The van der Waals surface area contributed by atoms with Gasteiger partial charge in [-0.05, 0) is 73.6 Å². The number of H-pyrrole nitrogens is 2. The van der Waals surface area contributed by atoms with Crippen molar-refractivity contribution < 1.29 is 28.7 Å². The van der Waals surface area contributed by atoms with E-state index in [1.54, 1.807) is 26.2 Å². The molecule has 60 heavy (non-hydrogen) atoms. The first-order valence-electron chi connectivity index (χ1n) is 20.6. The molecule has 0 fully saturated rings. The number of fused-ring (bicyclic) bond motifs is 2. The quantitative estimate of drug-likeness (QED) is 0.0787. The van der Waals surface area contributed by atoms with E-state index in [1.165, 1.54) is 13.8 Å². The minimum atomic E-state index is -1.33. The van der Waals surface area contributed by atoms with Crippen LogP contribution in [0.2, 0.25) is 0 Å². The van der Waals surface area contributed by atoms with Crippen molar-refractivity contribution in [1.29, 1.82) is 0 Å². The molecule has 0 saturated heterocycles. The zero-order chi connectivity index (χ0) is 44.5. The average Bonchev–Trinajstić information content (AvgIpc) is 3.73. The van der Waals surface area contributed by atoms with Crippen LogP contribution in [0.4, 0.5) is 0 Å². The molecule has 0 bridgehead atoms. The zero-order valence-electron chi connectivity index (χ0n) is 37.6. The number of ether oxygens (including phenoxy) is 2. The number of hydrogen-bond donors (Lipinski definition) is 4. The standard InChI is InChI=1S/C46H62N8O6/c1-25(2)21-45(13,59-27(5)55)41(57)53-37(43(7,8)9)39-49-31-17-15-29(19-33(31)51-39)35-23-48-36(24-47-35)30-16-18-32-34(20-30)52-40(50-32)38(44(10,11)12)54-42(58)46(14,22-26(3)4)60-28(6)56/h15-20,23-26,37-38H,21-22H2,1-14H3,(H,49,51)(H,50,52)(H,53,57)(H,54,58)/t37-,38?,45?,46?/m1/s1. The van der Waals surface area contributed by atoms with Gasteiger partial charge in [-0.15, -0.1) is 0 Å². The van der Waals surface area contributed by atoms with Gasteiger partial charge in [-0.2, -0.15) is 0 Å². The topological polar surface area (TPSA) is 194 Å². The normalized spacial score (nSPS) is 15.3. The van der Waals surface area contributed by atoms with Crippen LogP contribution in [0.5, 0.6) is 0 Å². The maximum atomic E-state index is 13.7. The van der Waals surface area contributed by atoms with Crippen LogP contribution in [-0.4, -0.2) is 64.9 Å². The molecule has 14 heteroatoms. The van der Waals surface area contributed by atoms with Crippen LogP contribution < -0.4 is 10.6 Å². The van der Waals surface area contributed by atoms with Crippen molar-refractivity contribution in [3.8, 4) is 22.5 Å². The van der Waals surface area contributed by atoms with E-state index < -0.39 is 46.1 Å². The number of amides is 2. The van der Waals surface area contributed by atoms with E-state index in [-0.39, 0.29) is 23.7 Å². The molecule has 3 unspecified atom stereocenters. The Labute approximate surface area is 352 Å².